The van der Waals surface area contributed by atoms with Crippen molar-refractivity contribution in [3.05, 3.63) is 59.9 Å². The molecule has 0 bridgehead atoms. The van der Waals surface area contributed by atoms with Gasteiger partial charge in [0.1, 0.15) is 24.3 Å². The fourth-order valence-corrected chi connectivity index (χ4v) is 4.69. The van der Waals surface area contributed by atoms with Crippen molar-refractivity contribution in [2.45, 2.75) is 38.4 Å². The first-order valence-electron chi connectivity index (χ1n) is 12.7. The molecule has 3 aromatic heterocycles. The van der Waals surface area contributed by atoms with Crippen LogP contribution >= 0.6 is 0 Å². The van der Waals surface area contributed by atoms with Crippen molar-refractivity contribution in [1.29, 1.82) is 0 Å². The van der Waals surface area contributed by atoms with E-state index in [-0.39, 0.29) is 5.82 Å². The Balaban J connectivity index is 1.28. The number of aromatic nitrogens is 6. The SMILES string of the molecule is CCOc1ncnc(C2CC2)c1-c1ncc2c(n1)N(Cc1ccc(-c3nc(C(F)(F)F)cn3C)cc1)CCO2. The van der Waals surface area contributed by atoms with Crippen LogP contribution in [0, 0.1) is 0 Å². The van der Waals surface area contributed by atoms with Crippen molar-refractivity contribution in [1.82, 2.24) is 29.5 Å². The summed E-state index contributed by atoms with van der Waals surface area (Å²) in [5.74, 6) is 2.79. The number of imidazole rings is 1. The summed E-state index contributed by atoms with van der Waals surface area (Å²) < 4.78 is 52.3. The standard InChI is InChI=1S/C27H26F3N7O2/c1-3-38-26-21(22(17-8-9-17)32-15-33-26)23-31-12-19-25(35-23)37(10-11-39-19)13-16-4-6-18(7-5-16)24-34-20(14-36(24)2)27(28,29)30/h4-7,12,14-15,17H,3,8-11,13H2,1-2H3. The Labute approximate surface area is 222 Å². The molecule has 2 aliphatic rings. The van der Waals surface area contributed by atoms with Gasteiger partial charge in [-0.3, -0.25) is 0 Å². The molecule has 202 valence electrons. The van der Waals surface area contributed by atoms with Crippen molar-refractivity contribution in [2.75, 3.05) is 24.7 Å². The molecule has 1 aromatic carbocycles. The van der Waals surface area contributed by atoms with Gasteiger partial charge in [-0.2, -0.15) is 13.2 Å². The fourth-order valence-electron chi connectivity index (χ4n) is 4.69. The van der Waals surface area contributed by atoms with Crippen molar-refractivity contribution in [3.8, 4) is 34.4 Å². The molecule has 0 saturated heterocycles. The smallest absolute Gasteiger partial charge is 0.434 e. The van der Waals surface area contributed by atoms with Crippen LogP contribution < -0.4 is 14.4 Å². The first kappa shape index (κ1) is 25.1. The van der Waals surface area contributed by atoms with Gasteiger partial charge in [-0.25, -0.2) is 24.9 Å². The van der Waals surface area contributed by atoms with Gasteiger partial charge < -0.3 is 18.9 Å². The van der Waals surface area contributed by atoms with Crippen LogP contribution in [0.1, 0.15) is 42.6 Å². The van der Waals surface area contributed by atoms with Crippen molar-refractivity contribution in [2.24, 2.45) is 7.05 Å². The van der Waals surface area contributed by atoms with E-state index in [1.165, 1.54) is 10.9 Å². The Kier molecular flexibility index (Phi) is 6.32. The molecular formula is C27H26F3N7O2. The predicted molar refractivity (Wildman–Crippen MR) is 136 cm³/mol. The van der Waals surface area contributed by atoms with Crippen LogP contribution in [0.25, 0.3) is 22.8 Å². The molecule has 0 N–H and O–H groups in total. The summed E-state index contributed by atoms with van der Waals surface area (Å²) in [5.41, 5.74) is 2.27. The van der Waals surface area contributed by atoms with Gasteiger partial charge in [0.2, 0.25) is 5.88 Å². The lowest BCUT2D eigenvalue weighted by molar-refractivity contribution is -0.140. The molecule has 4 heterocycles. The molecule has 12 heteroatoms. The zero-order chi connectivity index (χ0) is 27.1. The quantitative estimate of drug-likeness (QED) is 0.324. The van der Waals surface area contributed by atoms with Crippen LogP contribution in [0.4, 0.5) is 19.0 Å². The second kappa shape index (κ2) is 9.83. The highest BCUT2D eigenvalue weighted by Crippen LogP contribution is 2.45. The van der Waals surface area contributed by atoms with E-state index in [0.29, 0.717) is 66.6 Å². The molecular weight excluding hydrogens is 511 g/mol. The van der Waals surface area contributed by atoms with Crippen LogP contribution in [0.15, 0.2) is 43.0 Å². The summed E-state index contributed by atoms with van der Waals surface area (Å²) in [4.78, 5) is 24.2. The third-order valence-electron chi connectivity index (χ3n) is 6.72. The van der Waals surface area contributed by atoms with E-state index in [1.807, 2.05) is 19.1 Å². The number of alkyl halides is 3. The third-order valence-corrected chi connectivity index (χ3v) is 6.72. The second-order valence-electron chi connectivity index (χ2n) is 9.55. The number of hydrogen-bond donors (Lipinski definition) is 0. The number of hydrogen-bond acceptors (Lipinski definition) is 8. The van der Waals surface area contributed by atoms with Gasteiger partial charge in [-0.15, -0.1) is 0 Å². The second-order valence-corrected chi connectivity index (χ2v) is 9.55. The summed E-state index contributed by atoms with van der Waals surface area (Å²) in [6, 6.07) is 7.33. The lowest BCUT2D eigenvalue weighted by Crippen LogP contribution is -2.33. The highest BCUT2D eigenvalue weighted by atomic mass is 19.4. The highest BCUT2D eigenvalue weighted by Gasteiger charge is 2.35. The lowest BCUT2D eigenvalue weighted by atomic mass is 10.1. The Hall–Kier alpha value is -4.22. The van der Waals surface area contributed by atoms with Crippen molar-refractivity contribution in [3.63, 3.8) is 0 Å². The minimum Gasteiger partial charge on any atom is -0.486 e. The molecule has 39 heavy (non-hydrogen) atoms. The Morgan fingerprint density at radius 3 is 2.56 bits per heavy atom. The number of anilines is 1. The summed E-state index contributed by atoms with van der Waals surface area (Å²) in [5, 5.41) is 0. The van der Waals surface area contributed by atoms with Gasteiger partial charge in [0.15, 0.2) is 23.1 Å². The van der Waals surface area contributed by atoms with Crippen molar-refractivity contribution >= 4 is 5.82 Å². The number of halogens is 3. The van der Waals surface area contributed by atoms with Crippen LogP contribution in [-0.4, -0.2) is 49.2 Å². The molecule has 1 fully saturated rings. The molecule has 0 spiro atoms. The number of ether oxygens (including phenoxy) is 2. The molecule has 4 aromatic rings. The minimum atomic E-state index is -4.49. The fraction of sp³-hybridized carbons (Fsp3) is 0.370. The van der Waals surface area contributed by atoms with E-state index < -0.39 is 11.9 Å². The maximum absolute atomic E-state index is 13.1. The van der Waals surface area contributed by atoms with Crippen LogP contribution in [0.5, 0.6) is 11.6 Å². The van der Waals surface area contributed by atoms with Gasteiger partial charge in [0, 0.05) is 31.3 Å². The molecule has 1 aliphatic carbocycles. The number of aryl methyl sites for hydroxylation is 1. The maximum atomic E-state index is 13.1. The topological polar surface area (TPSA) is 91.1 Å². The molecule has 0 radical (unpaired) electrons. The molecule has 0 amide bonds. The summed E-state index contributed by atoms with van der Waals surface area (Å²) >= 11 is 0. The van der Waals surface area contributed by atoms with E-state index in [0.717, 1.165) is 30.3 Å². The third kappa shape index (κ3) is 4.98. The molecule has 1 saturated carbocycles. The molecule has 0 atom stereocenters. The van der Waals surface area contributed by atoms with Gasteiger partial charge in [-0.1, -0.05) is 24.3 Å². The highest BCUT2D eigenvalue weighted by molar-refractivity contribution is 5.69. The number of nitrogens with zero attached hydrogens (tertiary/aromatic N) is 7. The molecule has 0 unspecified atom stereocenters. The van der Waals surface area contributed by atoms with Crippen molar-refractivity contribution < 1.29 is 22.6 Å². The summed E-state index contributed by atoms with van der Waals surface area (Å²) in [6.07, 6.45) is 1.81. The first-order valence-corrected chi connectivity index (χ1v) is 12.7. The van der Waals surface area contributed by atoms with Gasteiger partial charge in [0.05, 0.1) is 25.0 Å². The zero-order valence-corrected chi connectivity index (χ0v) is 21.4. The van der Waals surface area contributed by atoms with Crippen LogP contribution in [0.3, 0.4) is 0 Å². The monoisotopic (exact) mass is 537 g/mol. The van der Waals surface area contributed by atoms with Gasteiger partial charge in [-0.05, 0) is 25.3 Å². The summed E-state index contributed by atoms with van der Waals surface area (Å²) in [6.45, 7) is 3.98. The predicted octanol–water partition coefficient (Wildman–Crippen LogP) is 5.03. The van der Waals surface area contributed by atoms with Crippen LogP contribution in [-0.2, 0) is 19.8 Å². The largest absolute Gasteiger partial charge is 0.486 e. The number of rotatable bonds is 7. The van der Waals surface area contributed by atoms with Gasteiger partial charge >= 0.3 is 6.18 Å². The Morgan fingerprint density at radius 2 is 1.87 bits per heavy atom. The van der Waals surface area contributed by atoms with E-state index >= 15 is 0 Å². The first-order chi connectivity index (χ1) is 18.8. The normalized spacial score (nSPS) is 15.2. The average Bonchev–Trinajstić information content (AvgIpc) is 3.69. The zero-order valence-electron chi connectivity index (χ0n) is 21.4. The van der Waals surface area contributed by atoms with E-state index in [4.69, 9.17) is 14.5 Å². The number of benzene rings is 1. The molecule has 9 nitrogen and oxygen atoms in total. The Bertz CT molecular complexity index is 1500. The van der Waals surface area contributed by atoms with E-state index in [1.54, 1.807) is 25.4 Å². The lowest BCUT2D eigenvalue weighted by Gasteiger charge is -2.30. The number of fused-ring (bicyclic) bond motifs is 1. The van der Waals surface area contributed by atoms with E-state index in [9.17, 15) is 13.2 Å². The minimum absolute atomic E-state index is 0.254. The Morgan fingerprint density at radius 1 is 1.08 bits per heavy atom. The molecule has 1 aliphatic heterocycles. The molecule has 6 rings (SSSR count). The van der Waals surface area contributed by atoms with Crippen LogP contribution in [0.2, 0.25) is 0 Å². The van der Waals surface area contributed by atoms with E-state index in [2.05, 4.69) is 24.8 Å². The average molecular weight is 538 g/mol. The van der Waals surface area contributed by atoms with Gasteiger partial charge in [0.25, 0.3) is 0 Å². The summed E-state index contributed by atoms with van der Waals surface area (Å²) in [7, 11) is 1.55. The maximum Gasteiger partial charge on any atom is 0.434 e.